The molecular formula is C30H27N3O3. The van der Waals surface area contributed by atoms with E-state index in [1.807, 2.05) is 85.8 Å². The van der Waals surface area contributed by atoms with Gasteiger partial charge in [-0.05, 0) is 66.6 Å². The lowest BCUT2D eigenvalue weighted by Crippen LogP contribution is -2.14. The molecule has 0 saturated carbocycles. The van der Waals surface area contributed by atoms with Crippen molar-refractivity contribution < 1.29 is 14.6 Å². The molecule has 0 heterocycles. The van der Waals surface area contributed by atoms with E-state index in [1.54, 1.807) is 24.4 Å². The van der Waals surface area contributed by atoms with Crippen molar-refractivity contribution in [2.45, 2.75) is 13.3 Å². The van der Waals surface area contributed by atoms with Crippen LogP contribution in [-0.2, 0) is 4.79 Å². The fraction of sp³-hybridized carbons (Fsp3) is 0.100. The lowest BCUT2D eigenvalue weighted by Gasteiger charge is -2.06. The molecular weight excluding hydrogens is 450 g/mol. The molecule has 0 atom stereocenters. The van der Waals surface area contributed by atoms with E-state index >= 15 is 0 Å². The molecule has 0 saturated heterocycles. The van der Waals surface area contributed by atoms with E-state index in [4.69, 9.17) is 4.74 Å². The summed E-state index contributed by atoms with van der Waals surface area (Å²) in [5.74, 6) is 0.381. The third-order valence-electron chi connectivity index (χ3n) is 5.46. The first-order valence-electron chi connectivity index (χ1n) is 11.5. The Balaban J connectivity index is 1.38. The van der Waals surface area contributed by atoms with Crippen LogP contribution in [0.25, 0.3) is 11.1 Å². The van der Waals surface area contributed by atoms with Crippen LogP contribution < -0.4 is 10.1 Å². The quantitative estimate of drug-likeness (QED) is 0.270. The van der Waals surface area contributed by atoms with Gasteiger partial charge in [-0.3, -0.25) is 14.8 Å². The van der Waals surface area contributed by atoms with Gasteiger partial charge in [0.25, 0.3) is 0 Å². The summed E-state index contributed by atoms with van der Waals surface area (Å²) in [6.45, 7) is 1.85. The van der Waals surface area contributed by atoms with Crippen molar-refractivity contribution in [1.82, 2.24) is 0 Å². The van der Waals surface area contributed by atoms with Gasteiger partial charge >= 0.3 is 0 Å². The summed E-state index contributed by atoms with van der Waals surface area (Å²) in [5, 5.41) is 13.1. The molecule has 0 radical (unpaired) electrons. The van der Waals surface area contributed by atoms with E-state index in [0.29, 0.717) is 11.3 Å². The Hall–Kier alpha value is -4.71. The van der Waals surface area contributed by atoms with Gasteiger partial charge in [-0.15, -0.1) is 0 Å². The molecule has 0 aromatic heterocycles. The molecule has 6 nitrogen and oxygen atoms in total. The maximum Gasteiger partial charge on any atom is 0.230 e. The molecule has 0 fully saturated rings. The number of benzene rings is 4. The van der Waals surface area contributed by atoms with Crippen LogP contribution in [0.4, 0.5) is 17.1 Å². The number of phenolic OH excluding ortho intramolecular Hbond substituents is 1. The topological polar surface area (TPSA) is 83.3 Å². The molecule has 180 valence electrons. The Labute approximate surface area is 210 Å². The van der Waals surface area contributed by atoms with Gasteiger partial charge < -0.3 is 15.2 Å². The molecule has 0 unspecified atom stereocenters. The minimum atomic E-state index is -0.0940. The van der Waals surface area contributed by atoms with Crippen molar-refractivity contribution in [3.05, 3.63) is 103 Å². The fourth-order valence-corrected chi connectivity index (χ4v) is 3.64. The minimum absolute atomic E-state index is 0.0650. The van der Waals surface area contributed by atoms with Gasteiger partial charge in [0.05, 0.1) is 24.9 Å². The van der Waals surface area contributed by atoms with Gasteiger partial charge in [0, 0.05) is 23.2 Å². The molecule has 6 heteroatoms. The van der Waals surface area contributed by atoms with E-state index in [9.17, 15) is 9.90 Å². The number of nitrogens with zero attached hydrogens (tertiary/aromatic N) is 2. The second-order valence-electron chi connectivity index (χ2n) is 8.19. The van der Waals surface area contributed by atoms with Crippen molar-refractivity contribution in [2.24, 2.45) is 9.98 Å². The zero-order valence-corrected chi connectivity index (χ0v) is 20.2. The molecule has 2 N–H and O–H groups in total. The molecule has 0 aliphatic carbocycles. The number of ether oxygens (including phenoxy) is 1. The minimum Gasteiger partial charge on any atom is -0.504 e. The van der Waals surface area contributed by atoms with Crippen LogP contribution in [0.3, 0.4) is 0 Å². The van der Waals surface area contributed by atoms with Crippen molar-refractivity contribution in [2.75, 3.05) is 12.4 Å². The van der Waals surface area contributed by atoms with Crippen molar-refractivity contribution in [1.29, 1.82) is 0 Å². The van der Waals surface area contributed by atoms with Crippen LogP contribution in [0.2, 0.25) is 0 Å². The molecule has 4 rings (SSSR count). The Morgan fingerprint density at radius 3 is 2.14 bits per heavy atom. The standard InChI is InChI=1S/C30H27N3O3/c1-21(19-29(34)33-26-8-4-3-5-9-26)32-27-17-13-23(14-18-27)22-11-15-25(16-12-22)31-20-24-7-6-10-28(36-2)30(24)35/h3-18,20,35H,19H2,1-2H3,(H,33,34). The number of hydrogen-bond donors (Lipinski definition) is 2. The predicted molar refractivity (Wildman–Crippen MR) is 146 cm³/mol. The zero-order chi connectivity index (χ0) is 25.3. The lowest BCUT2D eigenvalue weighted by molar-refractivity contribution is -0.115. The maximum absolute atomic E-state index is 12.2. The monoisotopic (exact) mass is 477 g/mol. The number of aromatic hydroxyl groups is 1. The maximum atomic E-state index is 12.2. The number of rotatable bonds is 8. The van der Waals surface area contributed by atoms with Crippen molar-refractivity contribution in [3.8, 4) is 22.6 Å². The molecule has 0 bridgehead atoms. The SMILES string of the molecule is COc1cccc(C=Nc2ccc(-c3ccc(N=C(C)CC(=O)Nc4ccccc4)cc3)cc2)c1O. The molecule has 36 heavy (non-hydrogen) atoms. The number of nitrogens with one attached hydrogen (secondary N) is 1. The normalized spacial score (nSPS) is 11.4. The number of hydrogen-bond acceptors (Lipinski definition) is 5. The summed E-state index contributed by atoms with van der Waals surface area (Å²) in [5.41, 5.74) is 5.76. The Morgan fingerprint density at radius 2 is 1.50 bits per heavy atom. The summed E-state index contributed by atoms with van der Waals surface area (Å²) in [6.07, 6.45) is 1.84. The van der Waals surface area contributed by atoms with Gasteiger partial charge in [0.1, 0.15) is 0 Å². The highest BCUT2D eigenvalue weighted by atomic mass is 16.5. The molecule has 0 spiro atoms. The number of para-hydroxylation sites is 2. The lowest BCUT2D eigenvalue weighted by atomic mass is 10.1. The van der Waals surface area contributed by atoms with Gasteiger partial charge in [-0.25, -0.2) is 0 Å². The third-order valence-corrected chi connectivity index (χ3v) is 5.46. The number of carbonyl (C=O) groups is 1. The first-order chi connectivity index (χ1) is 17.5. The van der Waals surface area contributed by atoms with Gasteiger partial charge in [-0.2, -0.15) is 0 Å². The van der Waals surface area contributed by atoms with Crippen LogP contribution in [0, 0.1) is 0 Å². The van der Waals surface area contributed by atoms with E-state index in [2.05, 4.69) is 15.3 Å². The van der Waals surface area contributed by atoms with Crippen LogP contribution in [-0.4, -0.2) is 30.0 Å². The van der Waals surface area contributed by atoms with Crippen molar-refractivity contribution >= 4 is 34.9 Å². The van der Waals surface area contributed by atoms with E-state index < -0.39 is 0 Å². The largest absolute Gasteiger partial charge is 0.504 e. The molecule has 0 aliphatic rings. The highest BCUT2D eigenvalue weighted by Gasteiger charge is 2.06. The number of carbonyl (C=O) groups excluding carboxylic acids is 1. The number of aliphatic imine (C=N–C) groups is 2. The first-order valence-corrected chi connectivity index (χ1v) is 11.5. The van der Waals surface area contributed by atoms with Gasteiger partial charge in [0.2, 0.25) is 5.91 Å². The van der Waals surface area contributed by atoms with E-state index in [0.717, 1.165) is 33.9 Å². The van der Waals surface area contributed by atoms with Crippen LogP contribution in [0.5, 0.6) is 11.5 Å². The fourth-order valence-electron chi connectivity index (χ4n) is 3.64. The first kappa shape index (κ1) is 24.4. The summed E-state index contributed by atoms with van der Waals surface area (Å²) in [4.78, 5) is 21.3. The molecule has 4 aromatic rings. The average molecular weight is 478 g/mol. The van der Waals surface area contributed by atoms with Crippen LogP contribution in [0.15, 0.2) is 107 Å². The van der Waals surface area contributed by atoms with Gasteiger partial charge in [0.15, 0.2) is 11.5 Å². The van der Waals surface area contributed by atoms with Crippen LogP contribution >= 0.6 is 0 Å². The summed E-state index contributed by atoms with van der Waals surface area (Å²) in [7, 11) is 1.51. The third kappa shape index (κ3) is 6.45. The molecule has 0 aliphatic heterocycles. The highest BCUT2D eigenvalue weighted by molar-refractivity contribution is 6.06. The molecule has 4 aromatic carbocycles. The number of phenols is 1. The second-order valence-corrected chi connectivity index (χ2v) is 8.19. The van der Waals surface area contributed by atoms with Crippen molar-refractivity contribution in [3.63, 3.8) is 0 Å². The highest BCUT2D eigenvalue weighted by Crippen LogP contribution is 2.29. The smallest absolute Gasteiger partial charge is 0.230 e. The number of anilines is 1. The number of methoxy groups -OCH3 is 1. The van der Waals surface area contributed by atoms with E-state index in [1.165, 1.54) is 7.11 Å². The Bertz CT molecular complexity index is 1380. The van der Waals surface area contributed by atoms with E-state index in [-0.39, 0.29) is 18.1 Å². The summed E-state index contributed by atoms with van der Waals surface area (Å²) >= 11 is 0. The average Bonchev–Trinajstić information content (AvgIpc) is 2.89. The predicted octanol–water partition coefficient (Wildman–Crippen LogP) is 6.94. The summed E-state index contributed by atoms with van der Waals surface area (Å²) < 4.78 is 5.13. The zero-order valence-electron chi connectivity index (χ0n) is 20.2. The summed E-state index contributed by atoms with van der Waals surface area (Å²) in [6, 6.07) is 30.4. The van der Waals surface area contributed by atoms with Crippen LogP contribution in [0.1, 0.15) is 18.9 Å². The Kier molecular flexibility index (Phi) is 7.88. The molecule has 1 amide bonds. The van der Waals surface area contributed by atoms with Gasteiger partial charge in [-0.1, -0.05) is 48.5 Å². The number of amides is 1. The Morgan fingerprint density at radius 1 is 0.861 bits per heavy atom. The second kappa shape index (κ2) is 11.6.